The molecule has 2 aliphatic rings. The van der Waals surface area contributed by atoms with Gasteiger partial charge in [0.25, 0.3) is 0 Å². The number of rotatable bonds is 5. The van der Waals surface area contributed by atoms with E-state index in [0.717, 1.165) is 36.7 Å². The summed E-state index contributed by atoms with van der Waals surface area (Å²) in [5, 5.41) is 3.31. The molecule has 1 aliphatic carbocycles. The molecule has 0 amide bonds. The first-order valence-electron chi connectivity index (χ1n) is 10.2. The van der Waals surface area contributed by atoms with Gasteiger partial charge in [0.15, 0.2) is 11.6 Å². The van der Waals surface area contributed by atoms with Crippen molar-refractivity contribution in [1.82, 2.24) is 5.32 Å². The van der Waals surface area contributed by atoms with Gasteiger partial charge in [0.2, 0.25) is 0 Å². The SMILES string of the molecule is CC1CCC(CCc2ccc(OC(=O)C3CC(C)NC3C)c(F)c2)CC1. The van der Waals surface area contributed by atoms with E-state index < -0.39 is 5.82 Å². The number of carbonyl (C=O) groups excluding carboxylic acids is 1. The summed E-state index contributed by atoms with van der Waals surface area (Å²) < 4.78 is 19.8. The van der Waals surface area contributed by atoms with E-state index in [9.17, 15) is 9.18 Å². The monoisotopic (exact) mass is 361 g/mol. The van der Waals surface area contributed by atoms with Crippen LogP contribution in [0, 0.1) is 23.6 Å². The summed E-state index contributed by atoms with van der Waals surface area (Å²) in [6, 6.07) is 5.40. The highest BCUT2D eigenvalue weighted by atomic mass is 19.1. The van der Waals surface area contributed by atoms with Crippen molar-refractivity contribution in [1.29, 1.82) is 0 Å². The van der Waals surface area contributed by atoms with Crippen molar-refractivity contribution in [3.63, 3.8) is 0 Å². The number of halogens is 1. The van der Waals surface area contributed by atoms with Crippen LogP contribution in [0.4, 0.5) is 4.39 Å². The fraction of sp³-hybridized carbons (Fsp3) is 0.682. The molecule has 3 nitrogen and oxygen atoms in total. The molecule has 4 heteroatoms. The van der Waals surface area contributed by atoms with E-state index in [2.05, 4.69) is 12.2 Å². The average molecular weight is 362 g/mol. The standard InChI is InChI=1S/C22H32FNO2/c1-14-4-6-17(7-5-14)8-9-18-10-11-21(20(23)13-18)26-22(25)19-12-15(2)24-16(19)3/h10-11,13-17,19,24H,4-9,12H2,1-3H3. The minimum absolute atomic E-state index is 0.0528. The molecule has 26 heavy (non-hydrogen) atoms. The minimum atomic E-state index is -0.431. The summed E-state index contributed by atoms with van der Waals surface area (Å²) in [7, 11) is 0. The van der Waals surface area contributed by atoms with Gasteiger partial charge in [-0.2, -0.15) is 0 Å². The molecule has 144 valence electrons. The van der Waals surface area contributed by atoms with Gasteiger partial charge in [0, 0.05) is 12.1 Å². The second-order valence-corrected chi connectivity index (χ2v) is 8.55. The molecule has 0 bridgehead atoms. The number of nitrogens with one attached hydrogen (secondary N) is 1. The lowest BCUT2D eigenvalue weighted by Gasteiger charge is -2.26. The Balaban J connectivity index is 1.53. The molecule has 3 unspecified atom stereocenters. The van der Waals surface area contributed by atoms with Crippen LogP contribution in [0.3, 0.4) is 0 Å². The van der Waals surface area contributed by atoms with Crippen LogP contribution in [-0.4, -0.2) is 18.1 Å². The largest absolute Gasteiger partial charge is 0.423 e. The van der Waals surface area contributed by atoms with Crippen LogP contribution in [0.2, 0.25) is 0 Å². The van der Waals surface area contributed by atoms with E-state index >= 15 is 0 Å². The molecule has 0 spiro atoms. The molecular weight excluding hydrogens is 329 g/mol. The molecular formula is C22H32FNO2. The van der Waals surface area contributed by atoms with Gasteiger partial charge in [-0.15, -0.1) is 0 Å². The van der Waals surface area contributed by atoms with Crippen LogP contribution >= 0.6 is 0 Å². The average Bonchev–Trinajstić information content (AvgIpc) is 2.95. The van der Waals surface area contributed by atoms with Crippen LogP contribution in [0.15, 0.2) is 18.2 Å². The van der Waals surface area contributed by atoms with Gasteiger partial charge in [-0.25, -0.2) is 4.39 Å². The molecule has 1 heterocycles. The zero-order valence-electron chi connectivity index (χ0n) is 16.3. The number of hydrogen-bond donors (Lipinski definition) is 1. The van der Waals surface area contributed by atoms with Crippen LogP contribution in [-0.2, 0) is 11.2 Å². The van der Waals surface area contributed by atoms with E-state index in [1.54, 1.807) is 6.07 Å². The molecule has 1 aromatic carbocycles. The minimum Gasteiger partial charge on any atom is -0.423 e. The van der Waals surface area contributed by atoms with E-state index in [0.29, 0.717) is 0 Å². The first-order chi connectivity index (χ1) is 12.4. The number of esters is 1. The maximum atomic E-state index is 14.4. The maximum Gasteiger partial charge on any atom is 0.316 e. The summed E-state index contributed by atoms with van der Waals surface area (Å²) >= 11 is 0. The Morgan fingerprint density at radius 3 is 2.54 bits per heavy atom. The second-order valence-electron chi connectivity index (χ2n) is 8.55. The van der Waals surface area contributed by atoms with Gasteiger partial charge in [-0.3, -0.25) is 4.79 Å². The van der Waals surface area contributed by atoms with Gasteiger partial charge in [0.1, 0.15) is 0 Å². The molecule has 2 fully saturated rings. The lowest BCUT2D eigenvalue weighted by Crippen LogP contribution is -2.32. The van der Waals surface area contributed by atoms with Gasteiger partial charge in [-0.1, -0.05) is 38.7 Å². The highest BCUT2D eigenvalue weighted by molar-refractivity contribution is 5.76. The fourth-order valence-corrected chi connectivity index (χ4v) is 4.47. The van der Waals surface area contributed by atoms with Crippen molar-refractivity contribution >= 4 is 5.97 Å². The summed E-state index contributed by atoms with van der Waals surface area (Å²) in [4.78, 5) is 12.3. The Labute approximate surface area is 156 Å². The number of benzene rings is 1. The van der Waals surface area contributed by atoms with Crippen molar-refractivity contribution in [2.24, 2.45) is 17.8 Å². The van der Waals surface area contributed by atoms with E-state index in [1.807, 2.05) is 19.9 Å². The number of aryl methyl sites for hydroxylation is 1. The summed E-state index contributed by atoms with van der Waals surface area (Å²) in [5.41, 5.74) is 0.991. The quantitative estimate of drug-likeness (QED) is 0.600. The molecule has 1 saturated heterocycles. The third-order valence-corrected chi connectivity index (χ3v) is 6.24. The van der Waals surface area contributed by atoms with Gasteiger partial charge >= 0.3 is 5.97 Å². The van der Waals surface area contributed by atoms with Crippen molar-refractivity contribution in [3.05, 3.63) is 29.6 Å². The Hall–Kier alpha value is -1.42. The van der Waals surface area contributed by atoms with Gasteiger partial charge < -0.3 is 10.1 Å². The molecule has 0 radical (unpaired) electrons. The lowest BCUT2D eigenvalue weighted by atomic mass is 9.80. The van der Waals surface area contributed by atoms with Crippen LogP contribution in [0.1, 0.15) is 64.9 Å². The summed E-state index contributed by atoms with van der Waals surface area (Å²) in [6.45, 7) is 6.35. The Morgan fingerprint density at radius 2 is 1.92 bits per heavy atom. The smallest absolute Gasteiger partial charge is 0.316 e. The van der Waals surface area contributed by atoms with E-state index in [4.69, 9.17) is 4.74 Å². The first kappa shape index (κ1) is 19.3. The van der Waals surface area contributed by atoms with E-state index in [-0.39, 0.29) is 29.7 Å². The molecule has 1 saturated carbocycles. The molecule has 1 N–H and O–H groups in total. The van der Waals surface area contributed by atoms with Gasteiger partial charge in [0.05, 0.1) is 5.92 Å². The number of ether oxygens (including phenoxy) is 1. The van der Waals surface area contributed by atoms with Crippen molar-refractivity contribution in [3.8, 4) is 5.75 Å². The highest BCUT2D eigenvalue weighted by Gasteiger charge is 2.35. The predicted octanol–water partition coefficient (Wildman–Crippen LogP) is 4.88. The van der Waals surface area contributed by atoms with E-state index in [1.165, 1.54) is 31.7 Å². The molecule has 3 atom stereocenters. The Bertz CT molecular complexity index is 625. The van der Waals surface area contributed by atoms with Crippen LogP contribution < -0.4 is 10.1 Å². The highest BCUT2D eigenvalue weighted by Crippen LogP contribution is 2.32. The van der Waals surface area contributed by atoms with Crippen molar-refractivity contribution in [2.45, 2.75) is 77.8 Å². The second kappa shape index (κ2) is 8.51. The van der Waals surface area contributed by atoms with Gasteiger partial charge in [-0.05, 0) is 62.6 Å². The van der Waals surface area contributed by atoms with Crippen LogP contribution in [0.5, 0.6) is 5.75 Å². The number of carbonyl (C=O) groups is 1. The van der Waals surface area contributed by atoms with Crippen LogP contribution in [0.25, 0.3) is 0 Å². The molecule has 1 aliphatic heterocycles. The molecule has 1 aromatic rings. The van der Waals surface area contributed by atoms with Crippen molar-refractivity contribution in [2.75, 3.05) is 0 Å². The molecule has 3 rings (SSSR count). The first-order valence-corrected chi connectivity index (χ1v) is 10.2. The normalized spacial score (nSPS) is 31.8. The maximum absolute atomic E-state index is 14.4. The predicted molar refractivity (Wildman–Crippen MR) is 102 cm³/mol. The van der Waals surface area contributed by atoms with Crippen molar-refractivity contribution < 1.29 is 13.9 Å². The summed E-state index contributed by atoms with van der Waals surface area (Å²) in [6.07, 6.45) is 7.98. The lowest BCUT2D eigenvalue weighted by molar-refractivity contribution is -0.139. The zero-order chi connectivity index (χ0) is 18.7. The summed E-state index contributed by atoms with van der Waals surface area (Å²) in [5.74, 6) is 0.704. The zero-order valence-corrected chi connectivity index (χ0v) is 16.3. The third-order valence-electron chi connectivity index (χ3n) is 6.24. The topological polar surface area (TPSA) is 38.3 Å². The third kappa shape index (κ3) is 4.85. The fourth-order valence-electron chi connectivity index (χ4n) is 4.47. The molecule has 0 aromatic heterocycles. The number of hydrogen-bond acceptors (Lipinski definition) is 3. The Morgan fingerprint density at radius 1 is 1.19 bits per heavy atom. The Kier molecular flexibility index (Phi) is 6.33.